The molecule has 0 bridgehead atoms. The smallest absolute Gasteiger partial charge is 0.0809 e. The molecule has 0 saturated heterocycles. The van der Waals surface area contributed by atoms with Crippen LogP contribution in [0.3, 0.4) is 0 Å². The monoisotopic (exact) mass is 199 g/mol. The van der Waals surface area contributed by atoms with Gasteiger partial charge in [0.2, 0.25) is 0 Å². The van der Waals surface area contributed by atoms with Crippen molar-refractivity contribution in [1.29, 1.82) is 0 Å². The van der Waals surface area contributed by atoms with Gasteiger partial charge < -0.3 is 10.1 Å². The summed E-state index contributed by atoms with van der Waals surface area (Å²) in [6.07, 6.45) is 8.22. The number of likely N-dealkylation sites (N-methyl/N-ethyl adjacent to an activating group) is 1. The van der Waals surface area contributed by atoms with E-state index >= 15 is 0 Å². The van der Waals surface area contributed by atoms with Crippen molar-refractivity contribution in [3.8, 4) is 0 Å². The van der Waals surface area contributed by atoms with E-state index in [0.29, 0.717) is 6.10 Å². The highest BCUT2D eigenvalue weighted by Crippen LogP contribution is 2.31. The Morgan fingerprint density at radius 1 is 1.14 bits per heavy atom. The van der Waals surface area contributed by atoms with Gasteiger partial charge in [0.05, 0.1) is 11.7 Å². The minimum Gasteiger partial charge on any atom is -0.371 e. The van der Waals surface area contributed by atoms with Gasteiger partial charge in [-0.3, -0.25) is 0 Å². The zero-order valence-corrected chi connectivity index (χ0v) is 9.94. The zero-order valence-electron chi connectivity index (χ0n) is 9.94. The molecule has 0 aliphatic heterocycles. The fraction of sp³-hybridized carbons (Fsp3) is 1.00. The van der Waals surface area contributed by atoms with Gasteiger partial charge in [-0.1, -0.05) is 25.7 Å². The summed E-state index contributed by atoms with van der Waals surface area (Å²) in [7, 11) is 2.02. The number of hydrogen-bond acceptors (Lipinski definition) is 2. The van der Waals surface area contributed by atoms with E-state index in [0.717, 1.165) is 6.54 Å². The van der Waals surface area contributed by atoms with E-state index in [9.17, 15) is 0 Å². The van der Waals surface area contributed by atoms with E-state index in [4.69, 9.17) is 4.74 Å². The minimum absolute atomic E-state index is 0.124. The van der Waals surface area contributed by atoms with Crippen LogP contribution in [0.25, 0.3) is 0 Å². The summed E-state index contributed by atoms with van der Waals surface area (Å²) in [6, 6.07) is 0. The summed E-state index contributed by atoms with van der Waals surface area (Å²) in [4.78, 5) is 0. The topological polar surface area (TPSA) is 21.3 Å². The second-order valence-electron chi connectivity index (χ2n) is 4.79. The molecular formula is C12H25NO. The van der Waals surface area contributed by atoms with Crippen LogP contribution in [0.4, 0.5) is 0 Å². The summed E-state index contributed by atoms with van der Waals surface area (Å²) in [5, 5.41) is 3.29. The standard InChI is InChI=1S/C12H25NO/c1-11(2)14-12(10-13-3)8-6-4-5-7-9-12/h11,13H,4-10H2,1-3H3. The minimum atomic E-state index is 0.124. The molecule has 1 N–H and O–H groups in total. The quantitative estimate of drug-likeness (QED) is 0.703. The van der Waals surface area contributed by atoms with E-state index in [1.807, 2.05) is 7.05 Å². The lowest BCUT2D eigenvalue weighted by Gasteiger charge is -2.34. The molecule has 2 heteroatoms. The van der Waals surface area contributed by atoms with Gasteiger partial charge in [0, 0.05) is 6.54 Å². The zero-order chi connectivity index (χ0) is 10.4. The Balaban J connectivity index is 2.57. The van der Waals surface area contributed by atoms with Crippen LogP contribution in [0.15, 0.2) is 0 Å². The third-order valence-corrected chi connectivity index (χ3v) is 3.00. The lowest BCUT2D eigenvalue weighted by molar-refractivity contribution is -0.0867. The van der Waals surface area contributed by atoms with Gasteiger partial charge in [-0.05, 0) is 33.7 Å². The Labute approximate surface area is 88.4 Å². The lowest BCUT2D eigenvalue weighted by Crippen LogP contribution is -2.43. The predicted molar refractivity (Wildman–Crippen MR) is 60.6 cm³/mol. The molecule has 84 valence electrons. The third-order valence-electron chi connectivity index (χ3n) is 3.00. The van der Waals surface area contributed by atoms with Crippen molar-refractivity contribution < 1.29 is 4.74 Å². The Hall–Kier alpha value is -0.0800. The van der Waals surface area contributed by atoms with Crippen LogP contribution in [0.1, 0.15) is 52.4 Å². The second-order valence-corrected chi connectivity index (χ2v) is 4.79. The number of hydrogen-bond donors (Lipinski definition) is 1. The summed E-state index contributed by atoms with van der Waals surface area (Å²) >= 11 is 0. The van der Waals surface area contributed by atoms with Gasteiger partial charge in [0.25, 0.3) is 0 Å². The molecule has 0 aromatic heterocycles. The van der Waals surface area contributed by atoms with Crippen molar-refractivity contribution in [2.24, 2.45) is 0 Å². The first-order valence-corrected chi connectivity index (χ1v) is 6.01. The Morgan fingerprint density at radius 2 is 1.71 bits per heavy atom. The summed E-state index contributed by atoms with van der Waals surface area (Å²) in [5.74, 6) is 0. The lowest BCUT2D eigenvalue weighted by atomic mass is 9.94. The molecule has 0 spiro atoms. The summed E-state index contributed by atoms with van der Waals surface area (Å²) < 4.78 is 6.14. The fourth-order valence-electron chi connectivity index (χ4n) is 2.53. The van der Waals surface area contributed by atoms with Crippen molar-refractivity contribution in [1.82, 2.24) is 5.32 Å². The van der Waals surface area contributed by atoms with Crippen LogP contribution < -0.4 is 5.32 Å². The molecule has 0 radical (unpaired) electrons. The predicted octanol–water partition coefficient (Wildman–Crippen LogP) is 2.72. The number of nitrogens with one attached hydrogen (secondary N) is 1. The first-order chi connectivity index (χ1) is 6.68. The van der Waals surface area contributed by atoms with E-state index in [-0.39, 0.29) is 5.60 Å². The SMILES string of the molecule is CNCC1(OC(C)C)CCCCCC1. The Bertz CT molecular complexity index is 148. The fourth-order valence-corrected chi connectivity index (χ4v) is 2.53. The highest BCUT2D eigenvalue weighted by Gasteiger charge is 2.31. The molecule has 1 aliphatic carbocycles. The molecule has 0 aromatic carbocycles. The molecule has 0 amide bonds. The maximum atomic E-state index is 6.14. The largest absolute Gasteiger partial charge is 0.371 e. The van der Waals surface area contributed by atoms with Gasteiger partial charge in [0.1, 0.15) is 0 Å². The van der Waals surface area contributed by atoms with Crippen LogP contribution in [0.5, 0.6) is 0 Å². The molecule has 0 heterocycles. The Kier molecular flexibility index (Phi) is 4.90. The molecule has 1 rings (SSSR count). The molecule has 1 saturated carbocycles. The maximum Gasteiger partial charge on any atom is 0.0809 e. The molecule has 0 atom stereocenters. The highest BCUT2D eigenvalue weighted by molar-refractivity contribution is 4.85. The molecule has 0 unspecified atom stereocenters. The van der Waals surface area contributed by atoms with E-state index in [1.165, 1.54) is 38.5 Å². The van der Waals surface area contributed by atoms with Crippen molar-refractivity contribution >= 4 is 0 Å². The van der Waals surface area contributed by atoms with Crippen molar-refractivity contribution in [2.75, 3.05) is 13.6 Å². The molecular weight excluding hydrogens is 174 g/mol. The van der Waals surface area contributed by atoms with E-state index in [1.54, 1.807) is 0 Å². The molecule has 2 nitrogen and oxygen atoms in total. The van der Waals surface area contributed by atoms with Crippen LogP contribution in [-0.4, -0.2) is 25.3 Å². The first-order valence-electron chi connectivity index (χ1n) is 6.01. The van der Waals surface area contributed by atoms with Gasteiger partial charge in [-0.25, -0.2) is 0 Å². The molecule has 1 fully saturated rings. The van der Waals surface area contributed by atoms with E-state index in [2.05, 4.69) is 19.2 Å². The summed E-state index contributed by atoms with van der Waals surface area (Å²) in [5.41, 5.74) is 0.124. The number of rotatable bonds is 4. The van der Waals surface area contributed by atoms with Crippen LogP contribution in [-0.2, 0) is 4.74 Å². The van der Waals surface area contributed by atoms with Crippen molar-refractivity contribution in [3.05, 3.63) is 0 Å². The van der Waals surface area contributed by atoms with Gasteiger partial charge in [-0.15, -0.1) is 0 Å². The van der Waals surface area contributed by atoms with Crippen molar-refractivity contribution in [2.45, 2.75) is 64.1 Å². The Morgan fingerprint density at radius 3 is 2.14 bits per heavy atom. The average molecular weight is 199 g/mol. The van der Waals surface area contributed by atoms with Crippen LogP contribution in [0.2, 0.25) is 0 Å². The third kappa shape index (κ3) is 3.58. The van der Waals surface area contributed by atoms with Gasteiger partial charge >= 0.3 is 0 Å². The maximum absolute atomic E-state index is 6.14. The molecule has 14 heavy (non-hydrogen) atoms. The average Bonchev–Trinajstić information content (AvgIpc) is 2.30. The highest BCUT2D eigenvalue weighted by atomic mass is 16.5. The van der Waals surface area contributed by atoms with Gasteiger partial charge in [0.15, 0.2) is 0 Å². The molecule has 1 aliphatic rings. The second kappa shape index (κ2) is 5.72. The summed E-state index contributed by atoms with van der Waals surface area (Å²) in [6.45, 7) is 5.29. The van der Waals surface area contributed by atoms with Crippen molar-refractivity contribution in [3.63, 3.8) is 0 Å². The first kappa shape index (κ1) is 12.0. The van der Waals surface area contributed by atoms with E-state index < -0.39 is 0 Å². The van der Waals surface area contributed by atoms with Crippen LogP contribution in [0, 0.1) is 0 Å². The molecule has 0 aromatic rings. The van der Waals surface area contributed by atoms with Crippen LogP contribution >= 0.6 is 0 Å². The van der Waals surface area contributed by atoms with Gasteiger partial charge in [-0.2, -0.15) is 0 Å². The normalized spacial score (nSPS) is 22.3. The number of ether oxygens (including phenoxy) is 1.